The number of likely N-dealkylation sites (N-methyl/N-ethyl adjacent to an activating group) is 1. The van der Waals surface area contributed by atoms with Gasteiger partial charge in [-0.25, -0.2) is 0 Å². The molecule has 2 fully saturated rings. The molecule has 2 aliphatic rings. The maximum atomic E-state index is 12.3. The Kier molecular flexibility index (Phi) is 5.45. The predicted octanol–water partition coefficient (Wildman–Crippen LogP) is 1.07. The van der Waals surface area contributed by atoms with Gasteiger partial charge in [0, 0.05) is 25.7 Å². The van der Waals surface area contributed by atoms with Crippen molar-refractivity contribution >= 4 is 5.91 Å². The van der Waals surface area contributed by atoms with Gasteiger partial charge in [-0.15, -0.1) is 0 Å². The van der Waals surface area contributed by atoms with Crippen LogP contribution in [0.15, 0.2) is 0 Å². The molecular weight excluding hydrogens is 226 g/mol. The summed E-state index contributed by atoms with van der Waals surface area (Å²) in [4.78, 5) is 16.7. The van der Waals surface area contributed by atoms with Gasteiger partial charge in [0.05, 0.1) is 6.54 Å². The van der Waals surface area contributed by atoms with Gasteiger partial charge in [0.2, 0.25) is 5.91 Å². The number of piperidine rings is 2. The number of nitrogens with zero attached hydrogens (tertiary/aromatic N) is 2. The molecule has 104 valence electrons. The highest BCUT2D eigenvalue weighted by molar-refractivity contribution is 5.78. The van der Waals surface area contributed by atoms with Crippen LogP contribution in [0.4, 0.5) is 0 Å². The van der Waals surface area contributed by atoms with Crippen molar-refractivity contribution in [1.29, 1.82) is 0 Å². The topological polar surface area (TPSA) is 35.6 Å². The molecule has 1 N–H and O–H groups in total. The van der Waals surface area contributed by atoms with E-state index in [0.717, 1.165) is 26.2 Å². The third kappa shape index (κ3) is 3.69. The molecule has 1 unspecified atom stereocenters. The van der Waals surface area contributed by atoms with Crippen molar-refractivity contribution < 1.29 is 4.79 Å². The van der Waals surface area contributed by atoms with Gasteiger partial charge in [-0.05, 0) is 45.7 Å². The molecule has 2 heterocycles. The van der Waals surface area contributed by atoms with E-state index in [2.05, 4.69) is 15.1 Å². The van der Waals surface area contributed by atoms with Crippen LogP contribution < -0.4 is 5.32 Å². The van der Waals surface area contributed by atoms with Crippen molar-refractivity contribution in [2.45, 2.75) is 44.6 Å². The Balaban J connectivity index is 1.83. The summed E-state index contributed by atoms with van der Waals surface area (Å²) in [5, 5.41) is 3.25. The average molecular weight is 253 g/mol. The number of carbonyl (C=O) groups excluding carboxylic acids is 1. The van der Waals surface area contributed by atoms with Gasteiger partial charge >= 0.3 is 0 Å². The molecule has 0 saturated carbocycles. The first kappa shape index (κ1) is 13.8. The van der Waals surface area contributed by atoms with Gasteiger partial charge in [0.15, 0.2) is 0 Å². The third-order valence-corrected chi connectivity index (χ3v) is 4.24. The molecule has 2 rings (SSSR count). The average Bonchev–Trinajstić information content (AvgIpc) is 2.42. The van der Waals surface area contributed by atoms with Gasteiger partial charge in [0.25, 0.3) is 0 Å². The molecule has 0 aromatic heterocycles. The van der Waals surface area contributed by atoms with E-state index in [4.69, 9.17) is 0 Å². The second kappa shape index (κ2) is 7.10. The van der Waals surface area contributed by atoms with Crippen LogP contribution in [-0.4, -0.2) is 61.5 Å². The number of hydrogen-bond acceptors (Lipinski definition) is 3. The lowest BCUT2D eigenvalue weighted by Gasteiger charge is -2.37. The second-order valence-corrected chi connectivity index (χ2v) is 5.62. The van der Waals surface area contributed by atoms with Crippen LogP contribution in [0.25, 0.3) is 0 Å². The van der Waals surface area contributed by atoms with Crippen LogP contribution in [0.3, 0.4) is 0 Å². The van der Waals surface area contributed by atoms with Gasteiger partial charge in [-0.3, -0.25) is 9.69 Å². The number of likely N-dealkylation sites (tertiary alicyclic amines) is 2. The monoisotopic (exact) mass is 253 g/mol. The molecule has 1 amide bonds. The molecule has 1 atom stereocenters. The van der Waals surface area contributed by atoms with E-state index < -0.39 is 0 Å². The fourth-order valence-corrected chi connectivity index (χ4v) is 3.15. The minimum atomic E-state index is 0.345. The van der Waals surface area contributed by atoms with Crippen molar-refractivity contribution in [3.8, 4) is 0 Å². The Labute approximate surface area is 111 Å². The van der Waals surface area contributed by atoms with E-state index in [0.29, 0.717) is 18.5 Å². The van der Waals surface area contributed by atoms with Crippen LogP contribution >= 0.6 is 0 Å². The van der Waals surface area contributed by atoms with E-state index in [1.165, 1.54) is 38.5 Å². The Morgan fingerprint density at radius 3 is 2.56 bits per heavy atom. The van der Waals surface area contributed by atoms with Crippen molar-refractivity contribution in [2.75, 3.05) is 39.8 Å². The van der Waals surface area contributed by atoms with Crippen molar-refractivity contribution in [3.05, 3.63) is 0 Å². The summed E-state index contributed by atoms with van der Waals surface area (Å²) in [6.07, 6.45) is 7.44. The van der Waals surface area contributed by atoms with Crippen molar-refractivity contribution in [1.82, 2.24) is 15.1 Å². The molecule has 0 aliphatic carbocycles. The molecule has 0 bridgehead atoms. The van der Waals surface area contributed by atoms with Gasteiger partial charge < -0.3 is 10.2 Å². The van der Waals surface area contributed by atoms with Crippen molar-refractivity contribution in [3.63, 3.8) is 0 Å². The van der Waals surface area contributed by atoms with E-state index in [1.54, 1.807) is 0 Å². The molecule has 18 heavy (non-hydrogen) atoms. The minimum Gasteiger partial charge on any atom is -0.342 e. The number of rotatable bonds is 4. The SMILES string of the molecule is CNCC1CCCCN1CC(=O)N1CCCCC1. The first-order valence-corrected chi connectivity index (χ1v) is 7.47. The lowest BCUT2D eigenvalue weighted by Crippen LogP contribution is -2.50. The third-order valence-electron chi connectivity index (χ3n) is 4.24. The van der Waals surface area contributed by atoms with Crippen molar-refractivity contribution in [2.24, 2.45) is 0 Å². The number of carbonyl (C=O) groups is 1. The van der Waals surface area contributed by atoms with Gasteiger partial charge in [0.1, 0.15) is 0 Å². The molecular formula is C14H27N3O. The number of hydrogen-bond donors (Lipinski definition) is 1. The highest BCUT2D eigenvalue weighted by Gasteiger charge is 2.26. The first-order valence-electron chi connectivity index (χ1n) is 7.47. The number of nitrogens with one attached hydrogen (secondary N) is 1. The smallest absolute Gasteiger partial charge is 0.236 e. The van der Waals surface area contributed by atoms with Gasteiger partial charge in [-0.1, -0.05) is 6.42 Å². The Morgan fingerprint density at radius 2 is 1.83 bits per heavy atom. The Hall–Kier alpha value is -0.610. The molecule has 2 saturated heterocycles. The zero-order chi connectivity index (χ0) is 12.8. The molecule has 0 aromatic carbocycles. The van der Waals surface area contributed by atoms with E-state index in [-0.39, 0.29) is 0 Å². The van der Waals surface area contributed by atoms with Crippen LogP contribution in [-0.2, 0) is 4.79 Å². The largest absolute Gasteiger partial charge is 0.342 e. The molecule has 0 radical (unpaired) electrons. The summed E-state index contributed by atoms with van der Waals surface area (Å²) in [5.41, 5.74) is 0. The van der Waals surface area contributed by atoms with E-state index in [9.17, 15) is 4.79 Å². The van der Waals surface area contributed by atoms with E-state index in [1.807, 2.05) is 7.05 Å². The fraction of sp³-hybridized carbons (Fsp3) is 0.929. The second-order valence-electron chi connectivity index (χ2n) is 5.62. The summed E-state index contributed by atoms with van der Waals surface area (Å²) >= 11 is 0. The highest BCUT2D eigenvalue weighted by Crippen LogP contribution is 2.17. The van der Waals surface area contributed by atoms with Crippen LogP contribution in [0.5, 0.6) is 0 Å². The zero-order valence-electron chi connectivity index (χ0n) is 11.7. The fourth-order valence-electron chi connectivity index (χ4n) is 3.15. The minimum absolute atomic E-state index is 0.345. The van der Waals surface area contributed by atoms with E-state index >= 15 is 0 Å². The molecule has 4 nitrogen and oxygen atoms in total. The normalized spacial score (nSPS) is 26.3. The highest BCUT2D eigenvalue weighted by atomic mass is 16.2. The summed E-state index contributed by atoms with van der Waals surface area (Å²) in [5.74, 6) is 0.345. The molecule has 0 aromatic rings. The Bertz CT molecular complexity index is 262. The predicted molar refractivity (Wildman–Crippen MR) is 73.6 cm³/mol. The quantitative estimate of drug-likeness (QED) is 0.814. The maximum Gasteiger partial charge on any atom is 0.236 e. The van der Waals surface area contributed by atoms with Crippen LogP contribution in [0.2, 0.25) is 0 Å². The number of amides is 1. The summed E-state index contributed by atoms with van der Waals surface area (Å²) in [7, 11) is 2.00. The zero-order valence-corrected chi connectivity index (χ0v) is 11.7. The first-order chi connectivity index (χ1) is 8.81. The summed E-state index contributed by atoms with van der Waals surface area (Å²) < 4.78 is 0. The lowest BCUT2D eigenvalue weighted by atomic mass is 10.0. The Morgan fingerprint density at radius 1 is 1.11 bits per heavy atom. The van der Waals surface area contributed by atoms with Gasteiger partial charge in [-0.2, -0.15) is 0 Å². The molecule has 0 spiro atoms. The molecule has 2 aliphatic heterocycles. The maximum absolute atomic E-state index is 12.3. The van der Waals surface area contributed by atoms with Crippen LogP contribution in [0, 0.1) is 0 Å². The summed E-state index contributed by atoms with van der Waals surface area (Å²) in [6.45, 7) is 4.68. The summed E-state index contributed by atoms with van der Waals surface area (Å²) in [6, 6.07) is 0.553. The molecule has 4 heteroatoms. The standard InChI is InChI=1S/C14H27N3O/c1-15-11-13-7-3-6-10-17(13)12-14(18)16-8-4-2-5-9-16/h13,15H,2-12H2,1H3. The lowest BCUT2D eigenvalue weighted by molar-refractivity contribution is -0.134. The van der Waals surface area contributed by atoms with Crippen LogP contribution in [0.1, 0.15) is 38.5 Å².